The Balaban J connectivity index is 1.28. The van der Waals surface area contributed by atoms with Crippen LogP contribution in [0, 0.1) is 11.3 Å². The van der Waals surface area contributed by atoms with Crippen LogP contribution in [0.25, 0.3) is 11.1 Å². The maximum absolute atomic E-state index is 13.0. The first-order valence-electron chi connectivity index (χ1n) is 13.1. The van der Waals surface area contributed by atoms with Crippen LogP contribution >= 0.6 is 0 Å². The summed E-state index contributed by atoms with van der Waals surface area (Å²) >= 11 is 0. The van der Waals surface area contributed by atoms with Crippen molar-refractivity contribution in [2.45, 2.75) is 32.6 Å². The van der Waals surface area contributed by atoms with Gasteiger partial charge in [-0.05, 0) is 49.7 Å². The summed E-state index contributed by atoms with van der Waals surface area (Å²) in [6.07, 6.45) is 6.21. The molecule has 1 aliphatic heterocycles. The number of hydrogen-bond acceptors (Lipinski definition) is 10. The maximum Gasteiger partial charge on any atom is 0.254 e. The number of methoxy groups -OCH3 is 1. The number of anilines is 2. The van der Waals surface area contributed by atoms with Crippen molar-refractivity contribution in [3.8, 4) is 28.7 Å². The van der Waals surface area contributed by atoms with Gasteiger partial charge in [-0.15, -0.1) is 0 Å². The number of amides is 1. The lowest BCUT2D eigenvalue weighted by Crippen LogP contribution is -2.44. The molecular weight excluding hydrogens is 524 g/mol. The van der Waals surface area contributed by atoms with Gasteiger partial charge in [-0.2, -0.15) is 10.4 Å². The molecule has 1 fully saturated rings. The molecule has 1 N–H and O–H groups in total. The third kappa shape index (κ3) is 6.59. The highest BCUT2D eigenvalue weighted by Crippen LogP contribution is 2.30. The minimum Gasteiger partial charge on any atom is -0.495 e. The second-order valence-corrected chi connectivity index (χ2v) is 9.64. The van der Waals surface area contributed by atoms with Crippen LogP contribution in [0.3, 0.4) is 0 Å². The molecule has 2 aromatic carbocycles. The molecule has 2 aromatic heterocycles. The Morgan fingerprint density at radius 1 is 1.20 bits per heavy atom. The molecule has 0 saturated carbocycles. The SMILES string of the molecule is COc1cc(C(=O)N2CCO[C@@H](C)C2)ccc1Nc1ncc(-c2ccc(C#N)c(OC(C)Cn3cncn3)c2)cn1. The number of hydrogen-bond donors (Lipinski definition) is 1. The van der Waals surface area contributed by atoms with Gasteiger partial charge in [0.1, 0.15) is 36.3 Å². The summed E-state index contributed by atoms with van der Waals surface area (Å²) < 4.78 is 18.8. The molecule has 0 spiro atoms. The predicted molar refractivity (Wildman–Crippen MR) is 150 cm³/mol. The zero-order valence-electron chi connectivity index (χ0n) is 23.0. The topological polar surface area (TPSA) is 140 Å². The molecule has 12 heteroatoms. The molecular formula is C29H30N8O4. The number of nitriles is 1. The molecule has 4 aromatic rings. The number of ether oxygens (including phenoxy) is 3. The molecule has 2 atom stereocenters. The van der Waals surface area contributed by atoms with Crippen LogP contribution in [0.1, 0.15) is 29.8 Å². The fourth-order valence-electron chi connectivity index (χ4n) is 4.51. The number of morpholine rings is 1. The van der Waals surface area contributed by atoms with Crippen molar-refractivity contribution < 1.29 is 19.0 Å². The largest absolute Gasteiger partial charge is 0.495 e. The zero-order valence-corrected chi connectivity index (χ0v) is 23.0. The Bertz CT molecular complexity index is 1540. The summed E-state index contributed by atoms with van der Waals surface area (Å²) in [5, 5.41) is 16.8. The van der Waals surface area contributed by atoms with Crippen molar-refractivity contribution in [3.63, 3.8) is 0 Å². The van der Waals surface area contributed by atoms with Crippen LogP contribution < -0.4 is 14.8 Å². The summed E-state index contributed by atoms with van der Waals surface area (Å²) in [6.45, 7) is 5.98. The van der Waals surface area contributed by atoms with Gasteiger partial charge in [0, 0.05) is 36.6 Å². The molecule has 1 unspecified atom stereocenters. The normalized spacial score (nSPS) is 15.6. The van der Waals surface area contributed by atoms with E-state index >= 15 is 0 Å². The number of nitrogens with zero attached hydrogens (tertiary/aromatic N) is 7. The van der Waals surface area contributed by atoms with E-state index in [9.17, 15) is 10.1 Å². The second kappa shape index (κ2) is 12.4. The van der Waals surface area contributed by atoms with Gasteiger partial charge in [0.05, 0.1) is 37.6 Å². The minimum atomic E-state index is -0.240. The first kappa shape index (κ1) is 27.5. The molecule has 41 heavy (non-hydrogen) atoms. The van der Waals surface area contributed by atoms with Crippen molar-refractivity contribution in [2.75, 3.05) is 32.1 Å². The molecule has 1 amide bonds. The average molecular weight is 555 g/mol. The zero-order chi connectivity index (χ0) is 28.8. The van der Waals surface area contributed by atoms with Gasteiger partial charge >= 0.3 is 0 Å². The second-order valence-electron chi connectivity index (χ2n) is 9.64. The molecule has 3 heterocycles. The fourth-order valence-corrected chi connectivity index (χ4v) is 4.51. The molecule has 1 aliphatic rings. The van der Waals surface area contributed by atoms with Crippen molar-refractivity contribution in [3.05, 3.63) is 72.6 Å². The van der Waals surface area contributed by atoms with Gasteiger partial charge < -0.3 is 24.4 Å². The number of carbonyl (C=O) groups excluding carboxylic acids is 1. The van der Waals surface area contributed by atoms with Crippen LogP contribution in [-0.4, -0.2) is 74.6 Å². The van der Waals surface area contributed by atoms with Gasteiger partial charge in [-0.3, -0.25) is 4.79 Å². The average Bonchev–Trinajstić information content (AvgIpc) is 3.50. The molecule has 0 aliphatic carbocycles. The van der Waals surface area contributed by atoms with Crippen molar-refractivity contribution in [1.29, 1.82) is 5.26 Å². The summed E-state index contributed by atoms with van der Waals surface area (Å²) in [7, 11) is 1.55. The molecule has 210 valence electrons. The van der Waals surface area contributed by atoms with E-state index in [-0.39, 0.29) is 18.1 Å². The van der Waals surface area contributed by atoms with Gasteiger partial charge in [0.15, 0.2) is 0 Å². The lowest BCUT2D eigenvalue weighted by atomic mass is 10.1. The third-order valence-corrected chi connectivity index (χ3v) is 6.55. The predicted octanol–water partition coefficient (Wildman–Crippen LogP) is 3.69. The number of carbonyl (C=O) groups is 1. The lowest BCUT2D eigenvalue weighted by Gasteiger charge is -2.31. The van der Waals surface area contributed by atoms with Gasteiger partial charge in [-0.1, -0.05) is 6.07 Å². The minimum absolute atomic E-state index is 0.00744. The van der Waals surface area contributed by atoms with E-state index in [1.165, 1.54) is 6.33 Å². The van der Waals surface area contributed by atoms with Crippen LogP contribution in [0.4, 0.5) is 11.6 Å². The monoisotopic (exact) mass is 554 g/mol. The smallest absolute Gasteiger partial charge is 0.254 e. The van der Waals surface area contributed by atoms with Crippen LogP contribution in [-0.2, 0) is 11.3 Å². The Morgan fingerprint density at radius 2 is 2.02 bits per heavy atom. The van der Waals surface area contributed by atoms with Crippen LogP contribution in [0.15, 0.2) is 61.4 Å². The Kier molecular flexibility index (Phi) is 8.36. The van der Waals surface area contributed by atoms with Crippen LogP contribution in [0.2, 0.25) is 0 Å². The molecule has 0 bridgehead atoms. The number of nitrogens with one attached hydrogen (secondary N) is 1. The Hall–Kier alpha value is -5.02. The van der Waals surface area contributed by atoms with E-state index in [0.29, 0.717) is 60.5 Å². The van der Waals surface area contributed by atoms with Crippen LogP contribution in [0.5, 0.6) is 11.5 Å². The third-order valence-electron chi connectivity index (χ3n) is 6.55. The van der Waals surface area contributed by atoms with Gasteiger partial charge in [-0.25, -0.2) is 19.6 Å². The molecule has 0 radical (unpaired) electrons. The Labute approximate surface area is 237 Å². The number of benzene rings is 2. The van der Waals surface area contributed by atoms with E-state index in [1.807, 2.05) is 19.9 Å². The van der Waals surface area contributed by atoms with E-state index in [1.54, 1.807) is 65.7 Å². The van der Waals surface area contributed by atoms with Crippen molar-refractivity contribution >= 4 is 17.5 Å². The van der Waals surface area contributed by atoms with E-state index in [2.05, 4.69) is 31.4 Å². The summed E-state index contributed by atoms with van der Waals surface area (Å²) in [6, 6.07) is 12.8. The van der Waals surface area contributed by atoms with Gasteiger partial charge in [0.2, 0.25) is 5.95 Å². The van der Waals surface area contributed by atoms with E-state index < -0.39 is 0 Å². The molecule has 12 nitrogen and oxygen atoms in total. The highest BCUT2D eigenvalue weighted by atomic mass is 16.5. The maximum atomic E-state index is 13.0. The summed E-state index contributed by atoms with van der Waals surface area (Å²) in [5.74, 6) is 1.26. The quantitative estimate of drug-likeness (QED) is 0.326. The molecule has 1 saturated heterocycles. The van der Waals surface area contributed by atoms with E-state index in [0.717, 1.165) is 11.1 Å². The standard InChI is InChI=1S/C29H30N8O4/c1-19-15-36(8-9-40-19)28(38)22-6-7-25(27(11-22)39-3)35-29-32-13-24(14-33-29)21-4-5-23(12-30)26(10-21)41-20(2)16-37-18-31-17-34-37/h4-7,10-11,13-14,17-20H,8-9,15-16H2,1-3H3,(H,32,33,35)/t19-,20?/m0/s1. The lowest BCUT2D eigenvalue weighted by molar-refractivity contribution is -0.0124. The summed E-state index contributed by atoms with van der Waals surface area (Å²) in [5.41, 5.74) is 3.14. The highest BCUT2D eigenvalue weighted by Gasteiger charge is 2.23. The van der Waals surface area contributed by atoms with E-state index in [4.69, 9.17) is 14.2 Å². The van der Waals surface area contributed by atoms with Crippen molar-refractivity contribution in [2.24, 2.45) is 0 Å². The number of aromatic nitrogens is 5. The first-order chi connectivity index (χ1) is 19.9. The Morgan fingerprint density at radius 3 is 2.73 bits per heavy atom. The highest BCUT2D eigenvalue weighted by molar-refractivity contribution is 5.95. The fraction of sp³-hybridized carbons (Fsp3) is 0.310. The molecule has 5 rings (SSSR count). The summed E-state index contributed by atoms with van der Waals surface area (Å²) in [4.78, 5) is 27.6. The van der Waals surface area contributed by atoms with Gasteiger partial charge in [0.25, 0.3) is 5.91 Å². The van der Waals surface area contributed by atoms with Crippen molar-refractivity contribution in [1.82, 2.24) is 29.6 Å². The first-order valence-corrected chi connectivity index (χ1v) is 13.1. The number of rotatable bonds is 9.